The zero-order valence-electron chi connectivity index (χ0n) is 12.2. The highest BCUT2D eigenvalue weighted by Crippen LogP contribution is 2.30. The molecule has 108 valence electrons. The van der Waals surface area contributed by atoms with E-state index in [1.807, 2.05) is 23.8 Å². The van der Waals surface area contributed by atoms with Crippen LogP contribution in [0.25, 0.3) is 10.7 Å². The Morgan fingerprint density at radius 3 is 2.85 bits per heavy atom. The summed E-state index contributed by atoms with van der Waals surface area (Å²) in [6.07, 6.45) is 3.58. The molecular formula is C14H19N3O2S. The van der Waals surface area contributed by atoms with Gasteiger partial charge in [0.1, 0.15) is 10.4 Å². The third-order valence-electron chi connectivity index (χ3n) is 3.20. The summed E-state index contributed by atoms with van der Waals surface area (Å²) in [4.78, 5) is 20.7. The molecule has 2 heterocycles. The van der Waals surface area contributed by atoms with E-state index in [1.54, 1.807) is 19.4 Å². The molecule has 2 rings (SSSR count). The molecule has 20 heavy (non-hydrogen) atoms. The fraction of sp³-hybridized carbons (Fsp3) is 0.500. The summed E-state index contributed by atoms with van der Waals surface area (Å²) < 4.78 is 7.14. The number of aromatic nitrogens is 3. The van der Waals surface area contributed by atoms with Gasteiger partial charge >= 0.3 is 5.97 Å². The molecule has 0 aliphatic rings. The number of nitrogens with zero attached hydrogens (tertiary/aromatic N) is 3. The van der Waals surface area contributed by atoms with E-state index in [2.05, 4.69) is 16.9 Å². The summed E-state index contributed by atoms with van der Waals surface area (Å²) >= 11 is 1.52. The number of rotatable bonds is 5. The van der Waals surface area contributed by atoms with Crippen molar-refractivity contribution in [3.8, 4) is 10.7 Å². The molecule has 0 amide bonds. The monoisotopic (exact) mass is 293 g/mol. The Bertz CT molecular complexity index is 601. The lowest BCUT2D eigenvalue weighted by Gasteiger charge is -2.19. The van der Waals surface area contributed by atoms with Gasteiger partial charge in [-0.05, 0) is 27.7 Å². The number of carbonyl (C=O) groups is 1. The quantitative estimate of drug-likeness (QED) is 0.795. The van der Waals surface area contributed by atoms with Gasteiger partial charge in [0, 0.05) is 11.9 Å². The third kappa shape index (κ3) is 2.60. The van der Waals surface area contributed by atoms with Crippen LogP contribution in [0.15, 0.2) is 17.9 Å². The average molecular weight is 293 g/mol. The van der Waals surface area contributed by atoms with Crippen LogP contribution < -0.4 is 0 Å². The second-order valence-corrected chi connectivity index (χ2v) is 5.81. The molecule has 0 saturated heterocycles. The number of thiazole rings is 1. The Balaban J connectivity index is 2.31. The predicted molar refractivity (Wildman–Crippen MR) is 78.7 cm³/mol. The molecule has 6 heteroatoms. The minimum absolute atomic E-state index is 0.249. The lowest BCUT2D eigenvalue weighted by atomic mass is 9.90. The molecule has 5 nitrogen and oxygen atoms in total. The van der Waals surface area contributed by atoms with Crippen molar-refractivity contribution in [1.29, 1.82) is 0 Å². The van der Waals surface area contributed by atoms with Crippen LogP contribution in [0, 0.1) is 0 Å². The van der Waals surface area contributed by atoms with E-state index in [0.29, 0.717) is 6.61 Å². The maximum Gasteiger partial charge on any atom is 0.317 e. The maximum absolute atomic E-state index is 12.0. The first-order valence-corrected chi connectivity index (χ1v) is 7.52. The van der Waals surface area contributed by atoms with E-state index in [0.717, 1.165) is 22.9 Å². The van der Waals surface area contributed by atoms with Crippen LogP contribution in [0.4, 0.5) is 0 Å². The second kappa shape index (κ2) is 5.75. The number of hydrogen-bond donors (Lipinski definition) is 0. The van der Waals surface area contributed by atoms with Gasteiger partial charge in [-0.1, -0.05) is 0 Å². The molecule has 0 radical (unpaired) electrons. The van der Waals surface area contributed by atoms with Crippen molar-refractivity contribution in [2.75, 3.05) is 6.61 Å². The Morgan fingerprint density at radius 2 is 2.20 bits per heavy atom. The fourth-order valence-corrected chi connectivity index (χ4v) is 2.86. The van der Waals surface area contributed by atoms with Crippen LogP contribution in [-0.2, 0) is 21.5 Å². The van der Waals surface area contributed by atoms with Crippen molar-refractivity contribution >= 4 is 17.3 Å². The van der Waals surface area contributed by atoms with Gasteiger partial charge in [-0.3, -0.25) is 4.79 Å². The highest BCUT2D eigenvalue weighted by Gasteiger charge is 2.34. The summed E-state index contributed by atoms with van der Waals surface area (Å²) in [5, 5.41) is 2.79. The average Bonchev–Trinajstić information content (AvgIpc) is 3.07. The molecule has 0 N–H and O–H groups in total. The van der Waals surface area contributed by atoms with Crippen LogP contribution in [0.1, 0.15) is 33.4 Å². The first kappa shape index (κ1) is 14.7. The summed E-state index contributed by atoms with van der Waals surface area (Å²) in [6.45, 7) is 8.75. The van der Waals surface area contributed by atoms with E-state index in [4.69, 9.17) is 4.74 Å². The zero-order chi connectivity index (χ0) is 14.8. The molecule has 0 aliphatic carbocycles. The molecule has 0 bridgehead atoms. The summed E-state index contributed by atoms with van der Waals surface area (Å²) in [5.74, 6) is -0.249. The Kier molecular flexibility index (Phi) is 4.23. The topological polar surface area (TPSA) is 57.0 Å². The Labute approximate surface area is 122 Å². The highest BCUT2D eigenvalue weighted by molar-refractivity contribution is 7.13. The van der Waals surface area contributed by atoms with E-state index < -0.39 is 5.41 Å². The molecule has 0 aliphatic heterocycles. The number of esters is 1. The van der Waals surface area contributed by atoms with Gasteiger partial charge in [0.25, 0.3) is 0 Å². The van der Waals surface area contributed by atoms with Crippen LogP contribution in [0.5, 0.6) is 0 Å². The number of hydrogen-bond acceptors (Lipinski definition) is 5. The number of ether oxygens (including phenoxy) is 1. The van der Waals surface area contributed by atoms with E-state index in [1.165, 1.54) is 11.3 Å². The number of imidazole rings is 1. The predicted octanol–water partition coefficient (Wildman–Crippen LogP) is 2.87. The summed E-state index contributed by atoms with van der Waals surface area (Å²) in [5.41, 5.74) is 0.977. The molecule has 0 fully saturated rings. The zero-order valence-corrected chi connectivity index (χ0v) is 13.0. The molecule has 0 unspecified atom stereocenters. The number of carbonyl (C=O) groups excluding carboxylic acids is 1. The van der Waals surface area contributed by atoms with E-state index >= 15 is 0 Å². The van der Waals surface area contributed by atoms with Gasteiger partial charge in [-0.2, -0.15) is 0 Å². The van der Waals surface area contributed by atoms with Gasteiger partial charge in [-0.25, -0.2) is 9.97 Å². The maximum atomic E-state index is 12.0. The van der Waals surface area contributed by atoms with Gasteiger partial charge < -0.3 is 9.30 Å². The van der Waals surface area contributed by atoms with Gasteiger partial charge in [0.05, 0.1) is 30.5 Å². The van der Waals surface area contributed by atoms with Gasteiger partial charge in [0.15, 0.2) is 0 Å². The molecule has 2 aromatic rings. The minimum Gasteiger partial charge on any atom is -0.465 e. The molecule has 2 aromatic heterocycles. The number of aryl methyl sites for hydroxylation is 1. The van der Waals surface area contributed by atoms with Crippen molar-refractivity contribution in [1.82, 2.24) is 14.5 Å². The summed E-state index contributed by atoms with van der Waals surface area (Å²) in [7, 11) is 0. The third-order valence-corrected chi connectivity index (χ3v) is 4.07. The smallest absolute Gasteiger partial charge is 0.317 e. The normalized spacial score (nSPS) is 11.6. The molecular weight excluding hydrogens is 274 g/mol. The van der Waals surface area contributed by atoms with Crippen molar-refractivity contribution in [3.05, 3.63) is 23.6 Å². The van der Waals surface area contributed by atoms with Crippen LogP contribution in [0.2, 0.25) is 0 Å². The first-order chi connectivity index (χ1) is 9.50. The molecule has 0 atom stereocenters. The van der Waals surface area contributed by atoms with Crippen molar-refractivity contribution in [3.63, 3.8) is 0 Å². The van der Waals surface area contributed by atoms with Crippen LogP contribution >= 0.6 is 11.3 Å². The van der Waals surface area contributed by atoms with Crippen molar-refractivity contribution < 1.29 is 9.53 Å². The Hall–Kier alpha value is -1.69. The van der Waals surface area contributed by atoms with Gasteiger partial charge in [-0.15, -0.1) is 11.3 Å². The Morgan fingerprint density at radius 1 is 1.45 bits per heavy atom. The minimum atomic E-state index is -0.734. The largest absolute Gasteiger partial charge is 0.465 e. The lowest BCUT2D eigenvalue weighted by Crippen LogP contribution is -2.31. The van der Waals surface area contributed by atoms with Gasteiger partial charge in [0.2, 0.25) is 0 Å². The van der Waals surface area contributed by atoms with E-state index in [9.17, 15) is 4.79 Å². The van der Waals surface area contributed by atoms with Crippen molar-refractivity contribution in [2.24, 2.45) is 0 Å². The molecule has 0 spiro atoms. The first-order valence-electron chi connectivity index (χ1n) is 6.64. The second-order valence-electron chi connectivity index (χ2n) is 4.95. The van der Waals surface area contributed by atoms with Crippen LogP contribution in [-0.4, -0.2) is 27.1 Å². The fourth-order valence-electron chi connectivity index (χ4n) is 1.85. The van der Waals surface area contributed by atoms with E-state index in [-0.39, 0.29) is 5.97 Å². The highest BCUT2D eigenvalue weighted by atomic mass is 32.1. The van der Waals surface area contributed by atoms with Crippen molar-refractivity contribution in [2.45, 2.75) is 39.7 Å². The lowest BCUT2D eigenvalue weighted by molar-refractivity contribution is -0.148. The standard InChI is InChI=1S/C14H19N3O2S/c1-5-17-9-15-7-10(17)12-16-11(8-20-12)14(3,4)13(18)19-6-2/h7-9H,5-6H2,1-4H3. The molecule has 0 aromatic carbocycles. The van der Waals surface area contributed by atoms with Crippen LogP contribution in [0.3, 0.4) is 0 Å². The summed E-state index contributed by atoms with van der Waals surface area (Å²) in [6, 6.07) is 0. The SMILES string of the molecule is CCOC(=O)C(C)(C)c1csc(-c2cncn2CC)n1. The molecule has 0 saturated carbocycles.